The lowest BCUT2D eigenvalue weighted by Gasteiger charge is -2.21. The SMILES string of the molecule is CCCCCCCCCCCCCCCCCCCC(=O)OC[C@H](COP(=O)(O)OC[C@@H](O)COP(=O)(O)OC[C@@H](COC(=O)CCCCCCCCCCC(C)C)OC(=O)CCCCCCCCCCC(C)C)OC(=O)CCCCCCCCCCCCCCCCCCC. The molecule has 0 bridgehead atoms. The fraction of sp³-hybridized carbons (Fsp3) is 0.948. The Morgan fingerprint density at radius 1 is 0.281 bits per heavy atom. The van der Waals surface area contributed by atoms with E-state index in [1.54, 1.807) is 0 Å². The van der Waals surface area contributed by atoms with Crippen LogP contribution in [-0.2, 0) is 65.4 Å². The third-order valence-electron chi connectivity index (χ3n) is 18.0. The summed E-state index contributed by atoms with van der Waals surface area (Å²) in [7, 11) is -9.91. The van der Waals surface area contributed by atoms with E-state index in [0.29, 0.717) is 25.7 Å². The maximum Gasteiger partial charge on any atom is 0.472 e. The molecule has 0 spiro atoms. The molecular formula is C77H150O17P2. The number of phosphoric ester groups is 2. The molecule has 3 N–H and O–H groups in total. The van der Waals surface area contributed by atoms with E-state index >= 15 is 0 Å². The highest BCUT2D eigenvalue weighted by atomic mass is 31.2. The lowest BCUT2D eigenvalue weighted by molar-refractivity contribution is -0.161. The number of rotatable bonds is 76. The quantitative estimate of drug-likeness (QED) is 0.0222. The van der Waals surface area contributed by atoms with Crippen molar-refractivity contribution in [3.05, 3.63) is 0 Å². The third kappa shape index (κ3) is 70.5. The van der Waals surface area contributed by atoms with Crippen molar-refractivity contribution in [1.29, 1.82) is 0 Å². The van der Waals surface area contributed by atoms with E-state index in [2.05, 4.69) is 41.5 Å². The van der Waals surface area contributed by atoms with E-state index in [-0.39, 0.29) is 25.7 Å². The molecule has 0 amide bonds. The first-order chi connectivity index (χ1) is 46.4. The number of phosphoric acid groups is 2. The summed E-state index contributed by atoms with van der Waals surface area (Å²) in [5, 5.41) is 10.6. The van der Waals surface area contributed by atoms with E-state index in [0.717, 1.165) is 102 Å². The van der Waals surface area contributed by atoms with Gasteiger partial charge in [-0.05, 0) is 37.5 Å². The van der Waals surface area contributed by atoms with Crippen LogP contribution in [0.25, 0.3) is 0 Å². The van der Waals surface area contributed by atoms with Crippen molar-refractivity contribution in [2.45, 2.75) is 419 Å². The zero-order valence-corrected chi connectivity index (χ0v) is 64.5. The molecule has 0 fully saturated rings. The summed E-state index contributed by atoms with van der Waals surface area (Å²) in [6.45, 7) is 9.53. The van der Waals surface area contributed by atoms with E-state index in [9.17, 15) is 43.2 Å². The van der Waals surface area contributed by atoms with Gasteiger partial charge in [-0.15, -0.1) is 0 Å². The van der Waals surface area contributed by atoms with Crippen LogP contribution < -0.4 is 0 Å². The predicted molar refractivity (Wildman–Crippen MR) is 391 cm³/mol. The van der Waals surface area contributed by atoms with Crippen molar-refractivity contribution < 1.29 is 80.2 Å². The Bertz CT molecular complexity index is 1860. The number of aliphatic hydroxyl groups is 1. The standard InChI is InChI=1S/C77H150O17P2/c1-7-9-11-13-15-17-19-21-23-25-27-29-31-33-41-47-53-59-74(79)87-65-72(93-76(81)61-55-49-43-34-32-30-28-26-24-22-20-18-16-14-12-10-8-2)67-91-95(83,84)89-63-71(78)64-90-96(85,86)92-68-73(94-77(82)62-56-50-44-38-36-40-46-52-58-70(5)6)66-88-75(80)60-54-48-42-37-35-39-45-51-57-69(3)4/h69-73,78H,7-68H2,1-6H3,(H,83,84)(H,85,86)/t71-,72-,73-/m1/s1. The Morgan fingerprint density at radius 2 is 0.479 bits per heavy atom. The number of ether oxygens (including phenoxy) is 4. The Hall–Kier alpha value is -1.94. The first kappa shape index (κ1) is 94.1. The number of hydrogen-bond donors (Lipinski definition) is 3. The fourth-order valence-corrected chi connectivity index (χ4v) is 13.4. The Morgan fingerprint density at radius 3 is 0.708 bits per heavy atom. The summed E-state index contributed by atoms with van der Waals surface area (Å²) in [4.78, 5) is 72.8. The second-order valence-electron chi connectivity index (χ2n) is 28.7. The summed E-state index contributed by atoms with van der Waals surface area (Å²) in [5.74, 6) is -0.671. The van der Waals surface area contributed by atoms with Gasteiger partial charge in [0.1, 0.15) is 19.3 Å². The second-order valence-corrected chi connectivity index (χ2v) is 31.6. The van der Waals surface area contributed by atoms with Gasteiger partial charge in [-0.2, -0.15) is 0 Å². The highest BCUT2D eigenvalue weighted by Gasteiger charge is 2.30. The molecule has 0 heterocycles. The number of carbonyl (C=O) groups is 4. The van der Waals surface area contributed by atoms with Gasteiger partial charge in [-0.1, -0.05) is 350 Å². The number of unbranched alkanes of at least 4 members (excludes halogenated alkanes) is 46. The van der Waals surface area contributed by atoms with Crippen molar-refractivity contribution in [2.75, 3.05) is 39.6 Å². The van der Waals surface area contributed by atoms with Gasteiger partial charge in [0.25, 0.3) is 0 Å². The van der Waals surface area contributed by atoms with Crippen molar-refractivity contribution in [2.24, 2.45) is 11.8 Å². The molecule has 17 nitrogen and oxygen atoms in total. The molecule has 19 heteroatoms. The molecule has 570 valence electrons. The largest absolute Gasteiger partial charge is 0.472 e. The minimum atomic E-state index is -4.96. The number of carbonyl (C=O) groups excluding carboxylic acids is 4. The number of aliphatic hydroxyl groups excluding tert-OH is 1. The summed E-state index contributed by atoms with van der Waals surface area (Å²) in [5.41, 5.74) is 0. The molecule has 0 aliphatic heterocycles. The second kappa shape index (κ2) is 68.8. The monoisotopic (exact) mass is 1410 g/mol. The first-order valence-electron chi connectivity index (χ1n) is 40.0. The van der Waals surface area contributed by atoms with E-state index in [4.69, 9.17) is 37.0 Å². The predicted octanol–water partition coefficient (Wildman–Crippen LogP) is 22.7. The van der Waals surface area contributed by atoms with E-state index < -0.39 is 97.5 Å². The summed E-state index contributed by atoms with van der Waals surface area (Å²) in [6, 6.07) is 0. The van der Waals surface area contributed by atoms with Crippen LogP contribution in [0.1, 0.15) is 401 Å². The molecule has 0 aliphatic rings. The number of hydrogen-bond acceptors (Lipinski definition) is 15. The van der Waals surface area contributed by atoms with Crippen LogP contribution in [0.4, 0.5) is 0 Å². The molecule has 96 heavy (non-hydrogen) atoms. The van der Waals surface area contributed by atoms with Gasteiger partial charge in [0.15, 0.2) is 12.2 Å². The lowest BCUT2D eigenvalue weighted by Crippen LogP contribution is -2.30. The minimum absolute atomic E-state index is 0.104. The number of esters is 4. The maximum atomic E-state index is 13.1. The normalized spacial score (nSPS) is 14.0. The molecule has 2 unspecified atom stereocenters. The van der Waals surface area contributed by atoms with Crippen LogP contribution in [0.3, 0.4) is 0 Å². The fourth-order valence-electron chi connectivity index (χ4n) is 11.8. The van der Waals surface area contributed by atoms with Crippen LogP contribution in [-0.4, -0.2) is 96.7 Å². The molecule has 0 aliphatic carbocycles. The highest BCUT2D eigenvalue weighted by molar-refractivity contribution is 7.47. The third-order valence-corrected chi connectivity index (χ3v) is 19.9. The molecule has 0 saturated carbocycles. The Labute approximate surface area is 588 Å². The summed E-state index contributed by atoms with van der Waals surface area (Å²) in [6.07, 6.45) is 57.0. The van der Waals surface area contributed by atoms with Crippen molar-refractivity contribution in [1.82, 2.24) is 0 Å². The van der Waals surface area contributed by atoms with Crippen molar-refractivity contribution in [3.8, 4) is 0 Å². The minimum Gasteiger partial charge on any atom is -0.462 e. The van der Waals surface area contributed by atoms with Gasteiger partial charge in [0.05, 0.1) is 26.4 Å². The first-order valence-corrected chi connectivity index (χ1v) is 43.0. The molecule has 0 rings (SSSR count). The highest BCUT2D eigenvalue weighted by Crippen LogP contribution is 2.45. The van der Waals surface area contributed by atoms with Crippen LogP contribution >= 0.6 is 15.6 Å². The van der Waals surface area contributed by atoms with E-state index in [1.165, 1.54) is 218 Å². The average Bonchev–Trinajstić information content (AvgIpc) is 1.16. The van der Waals surface area contributed by atoms with Gasteiger partial charge in [0.2, 0.25) is 0 Å². The van der Waals surface area contributed by atoms with Gasteiger partial charge in [0, 0.05) is 25.7 Å². The molecule has 0 aromatic heterocycles. The zero-order valence-electron chi connectivity index (χ0n) is 62.7. The molecular weight excluding hydrogens is 1260 g/mol. The summed E-state index contributed by atoms with van der Waals surface area (Å²) < 4.78 is 68.6. The van der Waals surface area contributed by atoms with Crippen LogP contribution in [0, 0.1) is 11.8 Å². The van der Waals surface area contributed by atoms with Crippen molar-refractivity contribution >= 4 is 39.5 Å². The summed E-state index contributed by atoms with van der Waals surface area (Å²) >= 11 is 0. The maximum absolute atomic E-state index is 13.1. The lowest BCUT2D eigenvalue weighted by atomic mass is 10.0. The van der Waals surface area contributed by atoms with Crippen molar-refractivity contribution in [3.63, 3.8) is 0 Å². The molecule has 0 aromatic rings. The van der Waals surface area contributed by atoms with Gasteiger partial charge < -0.3 is 33.8 Å². The van der Waals surface area contributed by atoms with Gasteiger partial charge >= 0.3 is 39.5 Å². The average molecular weight is 1410 g/mol. The smallest absolute Gasteiger partial charge is 0.462 e. The molecule has 0 radical (unpaired) electrons. The molecule has 5 atom stereocenters. The molecule has 0 aromatic carbocycles. The van der Waals surface area contributed by atoms with E-state index in [1.807, 2.05) is 0 Å². The van der Waals surface area contributed by atoms with Gasteiger partial charge in [-0.25, -0.2) is 9.13 Å². The Balaban J connectivity index is 5.24. The zero-order chi connectivity index (χ0) is 70.7. The van der Waals surface area contributed by atoms with Gasteiger partial charge in [-0.3, -0.25) is 37.3 Å². The van der Waals surface area contributed by atoms with Crippen LogP contribution in [0.15, 0.2) is 0 Å². The molecule has 0 saturated heterocycles. The van der Waals surface area contributed by atoms with Crippen LogP contribution in [0.5, 0.6) is 0 Å². The Kier molecular flexibility index (Phi) is 67.4. The topological polar surface area (TPSA) is 237 Å². The van der Waals surface area contributed by atoms with Crippen LogP contribution in [0.2, 0.25) is 0 Å².